The van der Waals surface area contributed by atoms with Gasteiger partial charge >= 0.3 is 0 Å². The molecule has 2 aliphatic heterocycles. The molecule has 17 heavy (non-hydrogen) atoms. The summed E-state index contributed by atoms with van der Waals surface area (Å²) in [5.74, 6) is 2.12. The molecule has 1 unspecified atom stereocenters. The first kappa shape index (κ1) is 10.4. The van der Waals surface area contributed by atoms with E-state index in [1.165, 1.54) is 0 Å². The van der Waals surface area contributed by atoms with Gasteiger partial charge in [0.05, 0.1) is 12.7 Å². The van der Waals surface area contributed by atoms with Crippen LogP contribution in [0.2, 0.25) is 0 Å². The van der Waals surface area contributed by atoms with Crippen molar-refractivity contribution in [3.05, 3.63) is 29.3 Å². The minimum absolute atomic E-state index is 0.0341. The van der Waals surface area contributed by atoms with E-state index in [4.69, 9.17) is 14.2 Å². The Labute approximate surface area is 101 Å². The maximum Gasteiger partial charge on any atom is 0.231 e. The third-order valence-electron chi connectivity index (χ3n) is 2.44. The van der Waals surface area contributed by atoms with Crippen LogP contribution in [0, 0.1) is 0 Å². The number of ether oxygens (including phenoxy) is 3. The van der Waals surface area contributed by atoms with E-state index < -0.39 is 0 Å². The number of nitrogens with zero attached hydrogens (tertiary/aromatic N) is 1. The van der Waals surface area contributed by atoms with Crippen LogP contribution in [-0.4, -0.2) is 24.8 Å². The van der Waals surface area contributed by atoms with Crippen LogP contribution in [0.5, 0.6) is 17.2 Å². The lowest BCUT2D eigenvalue weighted by Crippen LogP contribution is -1.93. The van der Waals surface area contributed by atoms with Gasteiger partial charge in [-0.05, 0) is 28.5 Å². The minimum atomic E-state index is -0.0341. The van der Waals surface area contributed by atoms with Gasteiger partial charge in [-0.1, -0.05) is 0 Å². The number of hydrogen-bond donors (Lipinski definition) is 0. The van der Waals surface area contributed by atoms with E-state index >= 15 is 0 Å². The van der Waals surface area contributed by atoms with E-state index in [1.54, 1.807) is 7.11 Å². The first-order valence-corrected chi connectivity index (χ1v) is 6.51. The van der Waals surface area contributed by atoms with E-state index in [1.807, 2.05) is 23.9 Å². The molecule has 0 amide bonds. The van der Waals surface area contributed by atoms with E-state index in [0.717, 1.165) is 11.3 Å². The molecule has 0 aromatic heterocycles. The molecule has 0 spiro atoms. The molecule has 5 heteroatoms. The van der Waals surface area contributed by atoms with Gasteiger partial charge in [-0.2, -0.15) is 0 Å². The molecule has 0 bridgehead atoms. The van der Waals surface area contributed by atoms with Gasteiger partial charge in [-0.25, -0.2) is 0 Å². The van der Waals surface area contributed by atoms with Crippen molar-refractivity contribution < 1.29 is 14.2 Å². The molecule has 88 valence electrons. The van der Waals surface area contributed by atoms with Crippen LogP contribution in [0.3, 0.4) is 0 Å². The van der Waals surface area contributed by atoms with Crippen molar-refractivity contribution in [2.45, 2.75) is 0 Å². The lowest BCUT2D eigenvalue weighted by Gasteiger charge is -2.06. The normalized spacial score (nSPS) is 20.2. The van der Waals surface area contributed by atoms with Crippen LogP contribution >= 0.6 is 10.5 Å². The highest BCUT2D eigenvalue weighted by molar-refractivity contribution is 8.29. The highest BCUT2D eigenvalue weighted by Crippen LogP contribution is 2.41. The van der Waals surface area contributed by atoms with Crippen LogP contribution in [0.4, 0.5) is 0 Å². The lowest BCUT2D eigenvalue weighted by atomic mass is 10.2. The summed E-state index contributed by atoms with van der Waals surface area (Å²) in [6.45, 7) is 0.252. The predicted octanol–water partition coefficient (Wildman–Crippen LogP) is 2.36. The number of benzene rings is 1. The number of aliphatic imine (C=N–C) groups is 1. The van der Waals surface area contributed by atoms with Crippen molar-refractivity contribution in [1.82, 2.24) is 0 Å². The minimum Gasteiger partial charge on any atom is -0.493 e. The zero-order chi connectivity index (χ0) is 11.7. The molecule has 0 radical (unpaired) electrons. The zero-order valence-corrected chi connectivity index (χ0v) is 10.1. The van der Waals surface area contributed by atoms with E-state index in [9.17, 15) is 0 Å². The third-order valence-corrected chi connectivity index (χ3v) is 3.78. The summed E-state index contributed by atoms with van der Waals surface area (Å²) in [7, 11) is 1.59. The van der Waals surface area contributed by atoms with Gasteiger partial charge in [0.25, 0.3) is 0 Å². The van der Waals surface area contributed by atoms with E-state index in [2.05, 4.69) is 15.8 Å². The van der Waals surface area contributed by atoms with Crippen molar-refractivity contribution in [2.75, 3.05) is 13.9 Å². The highest BCUT2D eigenvalue weighted by atomic mass is 32.2. The van der Waals surface area contributed by atoms with Crippen molar-refractivity contribution in [2.24, 2.45) is 4.99 Å². The Kier molecular flexibility index (Phi) is 2.60. The molecule has 4 nitrogen and oxygen atoms in total. The van der Waals surface area contributed by atoms with Crippen molar-refractivity contribution in [3.8, 4) is 17.2 Å². The molecule has 0 saturated carbocycles. The van der Waals surface area contributed by atoms with Gasteiger partial charge in [0, 0.05) is 6.20 Å². The van der Waals surface area contributed by atoms with Gasteiger partial charge in [0.15, 0.2) is 11.5 Å². The average molecular weight is 249 g/mol. The molecule has 1 atom stereocenters. The zero-order valence-electron chi connectivity index (χ0n) is 9.25. The highest BCUT2D eigenvalue weighted by Gasteiger charge is 2.19. The molecule has 2 heterocycles. The Bertz CT molecular complexity index is 535. The molecule has 1 aromatic carbocycles. The van der Waals surface area contributed by atoms with Gasteiger partial charge in [0.2, 0.25) is 12.5 Å². The molecule has 3 rings (SSSR count). The monoisotopic (exact) mass is 249 g/mol. The molecule has 0 aliphatic carbocycles. The number of hydrogen-bond acceptors (Lipinski definition) is 4. The summed E-state index contributed by atoms with van der Waals surface area (Å²) in [5, 5.41) is 4.18. The van der Waals surface area contributed by atoms with Gasteiger partial charge in [-0.3, -0.25) is 4.99 Å². The smallest absolute Gasteiger partial charge is 0.231 e. The van der Waals surface area contributed by atoms with Crippen LogP contribution in [0.1, 0.15) is 5.56 Å². The summed E-state index contributed by atoms with van der Waals surface area (Å²) in [4.78, 5) is 4.06. The van der Waals surface area contributed by atoms with Gasteiger partial charge < -0.3 is 14.2 Å². The third kappa shape index (κ3) is 1.93. The summed E-state index contributed by atoms with van der Waals surface area (Å²) in [6, 6.07) is 3.90. The van der Waals surface area contributed by atoms with Crippen LogP contribution in [-0.2, 0) is 0 Å². The Balaban J connectivity index is 2.04. The predicted molar refractivity (Wildman–Crippen MR) is 69.5 cm³/mol. The quantitative estimate of drug-likeness (QED) is 0.755. The largest absolute Gasteiger partial charge is 0.493 e. The molecule has 2 aliphatic rings. The Morgan fingerprint density at radius 3 is 3.12 bits per heavy atom. The molecule has 0 N–H and O–H groups in total. The molecule has 0 saturated heterocycles. The van der Waals surface area contributed by atoms with Crippen molar-refractivity contribution in [1.29, 1.82) is 0 Å². The molecular formula is C12H11NO3S. The summed E-state index contributed by atoms with van der Waals surface area (Å²) in [5.41, 5.74) is 2.96. The maximum absolute atomic E-state index is 5.38. The standard InChI is InChI=1S/C12H11NO3S/c1-14-10-4-9(6-17-3-2-13-7-17)5-11-12(10)16-8-15-11/h2-7H,8H2,1H3. The fourth-order valence-electron chi connectivity index (χ4n) is 1.69. The fraction of sp³-hybridized carbons (Fsp3) is 0.167. The van der Waals surface area contributed by atoms with Gasteiger partial charge in [0.1, 0.15) is 0 Å². The average Bonchev–Trinajstić information content (AvgIpc) is 2.98. The fourth-order valence-corrected chi connectivity index (χ4v) is 2.77. The second-order valence-electron chi connectivity index (χ2n) is 3.52. The molecular weight excluding hydrogens is 238 g/mol. The first-order chi connectivity index (χ1) is 8.36. The van der Waals surface area contributed by atoms with Gasteiger partial charge in [-0.15, -0.1) is 10.5 Å². The first-order valence-electron chi connectivity index (χ1n) is 5.10. The topological polar surface area (TPSA) is 40.0 Å². The number of fused-ring (bicyclic) bond motifs is 1. The van der Waals surface area contributed by atoms with Crippen molar-refractivity contribution >= 4 is 21.4 Å². The second-order valence-corrected chi connectivity index (χ2v) is 5.06. The van der Waals surface area contributed by atoms with Crippen LogP contribution in [0.15, 0.2) is 28.7 Å². The molecule has 0 fully saturated rings. The number of rotatable bonds is 2. The van der Waals surface area contributed by atoms with E-state index in [-0.39, 0.29) is 17.3 Å². The molecule has 1 aromatic rings. The Morgan fingerprint density at radius 1 is 1.41 bits per heavy atom. The number of methoxy groups -OCH3 is 1. The second kappa shape index (κ2) is 4.25. The van der Waals surface area contributed by atoms with E-state index in [0.29, 0.717) is 11.5 Å². The lowest BCUT2D eigenvalue weighted by molar-refractivity contribution is 0.171. The van der Waals surface area contributed by atoms with Crippen LogP contribution < -0.4 is 14.2 Å². The Morgan fingerprint density at radius 2 is 2.35 bits per heavy atom. The summed E-state index contributed by atoms with van der Waals surface area (Å²) >= 11 is 0. The summed E-state index contributed by atoms with van der Waals surface area (Å²) < 4.78 is 16.0. The van der Waals surface area contributed by atoms with Crippen molar-refractivity contribution in [3.63, 3.8) is 0 Å². The summed E-state index contributed by atoms with van der Waals surface area (Å²) in [6.07, 6.45) is 1.81. The SMILES string of the molecule is COc1cc(C=S2C=CN=C2)cc2c1OCO2. The Hall–Kier alpha value is -1.75. The van der Waals surface area contributed by atoms with Crippen LogP contribution in [0.25, 0.3) is 0 Å². The maximum atomic E-state index is 5.38.